The lowest BCUT2D eigenvalue weighted by molar-refractivity contribution is 0.112. The first-order chi connectivity index (χ1) is 24.8. The van der Waals surface area contributed by atoms with E-state index in [2.05, 4.69) is 146 Å². The summed E-state index contributed by atoms with van der Waals surface area (Å²) in [6, 6.07) is 59.3. The Balaban J connectivity index is 1.46. The largest absolute Gasteiger partial charge is 0.298 e. The van der Waals surface area contributed by atoms with Crippen molar-refractivity contribution in [2.24, 2.45) is 0 Å². The molecule has 0 saturated carbocycles. The molecule has 230 valence electrons. The van der Waals surface area contributed by atoms with E-state index in [1.807, 2.05) is 18.2 Å². The van der Waals surface area contributed by atoms with Crippen LogP contribution < -0.4 is 0 Å². The molecular weight excluding hydrogens is 605 g/mol. The molecule has 0 N–H and O–H groups in total. The smallest absolute Gasteiger partial charge is 0.150 e. The van der Waals surface area contributed by atoms with E-state index in [9.17, 15) is 4.79 Å². The fourth-order valence-electron chi connectivity index (χ4n) is 9.09. The van der Waals surface area contributed by atoms with Gasteiger partial charge in [0.25, 0.3) is 0 Å². The number of rotatable bonds is 4. The van der Waals surface area contributed by atoms with E-state index < -0.39 is 0 Å². The second-order valence-electron chi connectivity index (χ2n) is 13.4. The number of carbonyl (C=O) groups excluding carboxylic acids is 1. The van der Waals surface area contributed by atoms with Crippen LogP contribution in [0.5, 0.6) is 0 Å². The molecule has 50 heavy (non-hydrogen) atoms. The quantitative estimate of drug-likeness (QED) is 0.139. The molecule has 0 spiro atoms. The van der Waals surface area contributed by atoms with Crippen LogP contribution in [0, 0.1) is 0 Å². The minimum Gasteiger partial charge on any atom is -0.298 e. The molecule has 0 atom stereocenters. The Labute approximate surface area is 288 Å². The molecule has 11 rings (SSSR count). The fraction of sp³-hybridized carbons (Fsp3) is 0. The molecule has 0 fully saturated rings. The van der Waals surface area contributed by atoms with Gasteiger partial charge in [-0.05, 0) is 115 Å². The molecule has 0 radical (unpaired) electrons. The average molecular weight is 633 g/mol. The number of hydrogen-bond acceptors (Lipinski definition) is 1. The Morgan fingerprint density at radius 3 is 1.56 bits per heavy atom. The SMILES string of the molecule is O=Cc1ccccc1-c1ccc2c3c(-c4ccccc4)c4c(cc5c6ccccc6c6cccc4c65)c(-c4ccccc4)c3c3cccc1c32. The summed E-state index contributed by atoms with van der Waals surface area (Å²) in [5, 5.41) is 17.8. The van der Waals surface area contributed by atoms with Crippen molar-refractivity contribution in [2.75, 3.05) is 0 Å². The highest BCUT2D eigenvalue weighted by atomic mass is 16.1. The molecule has 0 saturated heterocycles. The van der Waals surface area contributed by atoms with Crippen molar-refractivity contribution in [3.8, 4) is 33.4 Å². The van der Waals surface area contributed by atoms with Gasteiger partial charge < -0.3 is 0 Å². The normalized spacial score (nSPS) is 12.1. The van der Waals surface area contributed by atoms with Gasteiger partial charge in [-0.15, -0.1) is 0 Å². The van der Waals surface area contributed by atoms with Gasteiger partial charge in [-0.2, -0.15) is 0 Å². The summed E-state index contributed by atoms with van der Waals surface area (Å²) in [4.78, 5) is 12.2. The number of fused-ring (bicyclic) bond motifs is 8. The minimum absolute atomic E-state index is 0.703. The number of hydrogen-bond donors (Lipinski definition) is 0. The molecule has 11 aromatic rings. The Morgan fingerprint density at radius 2 is 0.820 bits per heavy atom. The van der Waals surface area contributed by atoms with Gasteiger partial charge in [-0.1, -0.05) is 158 Å². The summed E-state index contributed by atoms with van der Waals surface area (Å²) in [6.07, 6.45) is 0.972. The van der Waals surface area contributed by atoms with Gasteiger partial charge >= 0.3 is 0 Å². The monoisotopic (exact) mass is 632 g/mol. The van der Waals surface area contributed by atoms with E-state index in [-0.39, 0.29) is 0 Å². The Morgan fingerprint density at radius 1 is 0.300 bits per heavy atom. The lowest BCUT2D eigenvalue weighted by Gasteiger charge is -2.19. The topological polar surface area (TPSA) is 17.1 Å². The van der Waals surface area contributed by atoms with Crippen LogP contribution in [0.15, 0.2) is 164 Å². The first kappa shape index (κ1) is 27.4. The van der Waals surface area contributed by atoms with Crippen molar-refractivity contribution in [1.82, 2.24) is 0 Å². The molecule has 0 aliphatic rings. The first-order valence-electron chi connectivity index (χ1n) is 17.2. The Hall–Kier alpha value is -6.57. The second kappa shape index (κ2) is 10.2. The minimum atomic E-state index is 0.703. The van der Waals surface area contributed by atoms with Gasteiger partial charge in [-0.3, -0.25) is 4.79 Å². The van der Waals surface area contributed by atoms with Crippen LogP contribution in [0.25, 0.3) is 109 Å². The number of aldehydes is 1. The highest BCUT2D eigenvalue weighted by Gasteiger charge is 2.27. The number of benzene rings is 9. The lowest BCUT2D eigenvalue weighted by Crippen LogP contribution is -1.91. The molecule has 0 aliphatic heterocycles. The maximum atomic E-state index is 12.2. The third-order valence-corrected chi connectivity index (χ3v) is 11.0. The van der Waals surface area contributed by atoms with Crippen LogP contribution in [-0.2, 0) is 0 Å². The summed E-state index contributed by atoms with van der Waals surface area (Å²) in [5.74, 6) is 0. The van der Waals surface area contributed by atoms with E-state index in [1.54, 1.807) is 0 Å². The summed E-state index contributed by atoms with van der Waals surface area (Å²) in [7, 11) is 0. The van der Waals surface area contributed by atoms with Crippen molar-refractivity contribution in [3.63, 3.8) is 0 Å². The van der Waals surface area contributed by atoms with Crippen LogP contribution in [0.4, 0.5) is 0 Å². The van der Waals surface area contributed by atoms with Crippen molar-refractivity contribution in [2.45, 2.75) is 0 Å². The van der Waals surface area contributed by atoms with Gasteiger partial charge in [0.05, 0.1) is 0 Å². The molecule has 11 aromatic carbocycles. The molecule has 0 heterocycles. The maximum absolute atomic E-state index is 12.2. The molecule has 0 aliphatic carbocycles. The van der Waals surface area contributed by atoms with Crippen molar-refractivity contribution in [1.29, 1.82) is 0 Å². The molecular formula is C49H28O. The summed E-state index contributed by atoms with van der Waals surface area (Å²) in [5.41, 5.74) is 7.70. The molecule has 1 heteroatoms. The zero-order valence-corrected chi connectivity index (χ0v) is 27.1. The third-order valence-electron chi connectivity index (χ3n) is 11.0. The summed E-state index contributed by atoms with van der Waals surface area (Å²) in [6.45, 7) is 0. The standard InChI is InChI=1S/C49H28O/c50-28-31-17-7-8-18-32(31)35-25-26-40-45-37(35)22-12-24-39(45)48-43(29-13-3-1-4-14-29)42-27-41-34-20-10-9-19-33(34)36-21-11-23-38(46(36)41)47(42)44(49(40)48)30-15-5-2-6-16-30/h1-28H. The van der Waals surface area contributed by atoms with Crippen LogP contribution in [0.3, 0.4) is 0 Å². The highest BCUT2D eigenvalue weighted by Crippen LogP contribution is 2.55. The van der Waals surface area contributed by atoms with E-state index in [4.69, 9.17) is 0 Å². The van der Waals surface area contributed by atoms with Crippen LogP contribution >= 0.6 is 0 Å². The number of carbonyl (C=O) groups is 1. The van der Waals surface area contributed by atoms with Gasteiger partial charge in [0.2, 0.25) is 0 Å². The first-order valence-corrected chi connectivity index (χ1v) is 17.2. The van der Waals surface area contributed by atoms with Crippen molar-refractivity contribution in [3.05, 3.63) is 169 Å². The van der Waals surface area contributed by atoms with Crippen LogP contribution in [-0.4, -0.2) is 6.29 Å². The zero-order chi connectivity index (χ0) is 32.9. The molecule has 0 amide bonds. The van der Waals surface area contributed by atoms with Gasteiger partial charge in [-0.25, -0.2) is 0 Å². The lowest BCUT2D eigenvalue weighted by atomic mass is 9.84. The average Bonchev–Trinajstić information content (AvgIpc) is 3.69. The van der Waals surface area contributed by atoms with Crippen molar-refractivity contribution < 1.29 is 4.79 Å². The van der Waals surface area contributed by atoms with Gasteiger partial charge in [0.15, 0.2) is 6.29 Å². The third kappa shape index (κ3) is 3.53. The predicted octanol–water partition coefficient (Wildman–Crippen LogP) is 13.4. The molecule has 0 unspecified atom stereocenters. The molecule has 1 nitrogen and oxygen atoms in total. The van der Waals surface area contributed by atoms with E-state index >= 15 is 0 Å². The fourth-order valence-corrected chi connectivity index (χ4v) is 9.09. The summed E-state index contributed by atoms with van der Waals surface area (Å²) < 4.78 is 0. The van der Waals surface area contributed by atoms with E-state index in [1.165, 1.54) is 92.3 Å². The zero-order valence-electron chi connectivity index (χ0n) is 27.1. The summed E-state index contributed by atoms with van der Waals surface area (Å²) >= 11 is 0. The van der Waals surface area contributed by atoms with Crippen molar-refractivity contribution >= 4 is 81.7 Å². The highest BCUT2D eigenvalue weighted by molar-refractivity contribution is 6.45. The van der Waals surface area contributed by atoms with E-state index in [0.29, 0.717) is 5.56 Å². The Bertz CT molecular complexity index is 3140. The van der Waals surface area contributed by atoms with Crippen LogP contribution in [0.2, 0.25) is 0 Å². The predicted molar refractivity (Wildman–Crippen MR) is 213 cm³/mol. The van der Waals surface area contributed by atoms with Crippen LogP contribution in [0.1, 0.15) is 10.4 Å². The molecule has 0 bridgehead atoms. The molecule has 0 aromatic heterocycles. The van der Waals surface area contributed by atoms with E-state index in [0.717, 1.165) is 22.8 Å². The maximum Gasteiger partial charge on any atom is 0.150 e. The Kier molecular flexibility index (Phi) is 5.60. The van der Waals surface area contributed by atoms with Gasteiger partial charge in [0.1, 0.15) is 0 Å². The second-order valence-corrected chi connectivity index (χ2v) is 13.4. The van der Waals surface area contributed by atoms with Gasteiger partial charge in [0, 0.05) is 5.56 Å².